The highest BCUT2D eigenvalue weighted by Gasteiger charge is 2.42. The molecule has 0 saturated heterocycles. The second-order valence-corrected chi connectivity index (χ2v) is 5.95. The average molecular weight is 277 g/mol. The molecule has 2 N–H and O–H groups in total. The van der Waals surface area contributed by atoms with E-state index < -0.39 is 12.6 Å². The molecule has 0 bridgehead atoms. The van der Waals surface area contributed by atoms with Gasteiger partial charge in [-0.15, -0.1) is 0 Å². The standard InChI is InChI=1S/C13H22F3N3/c1-12(7-4-8-13(14,15)16)9-18-11(17)19(12)10-5-2-3-6-10/h10H,2-9H2,1H3,(H2,17,18). The van der Waals surface area contributed by atoms with E-state index in [1.54, 1.807) is 0 Å². The molecule has 0 spiro atoms. The van der Waals surface area contributed by atoms with Crippen LogP contribution in [0.4, 0.5) is 13.2 Å². The monoisotopic (exact) mass is 277 g/mol. The Morgan fingerprint density at radius 3 is 2.58 bits per heavy atom. The van der Waals surface area contributed by atoms with E-state index in [1.165, 1.54) is 12.8 Å². The molecule has 1 fully saturated rings. The van der Waals surface area contributed by atoms with E-state index in [2.05, 4.69) is 9.89 Å². The lowest BCUT2D eigenvalue weighted by molar-refractivity contribution is -0.136. The second-order valence-electron chi connectivity index (χ2n) is 5.95. The van der Waals surface area contributed by atoms with Gasteiger partial charge in [0.2, 0.25) is 0 Å². The Morgan fingerprint density at radius 2 is 2.00 bits per heavy atom. The molecule has 2 aliphatic rings. The number of guanidine groups is 1. The van der Waals surface area contributed by atoms with Crippen LogP contribution in [0.3, 0.4) is 0 Å². The molecule has 110 valence electrons. The zero-order valence-corrected chi connectivity index (χ0v) is 11.3. The van der Waals surface area contributed by atoms with E-state index in [-0.39, 0.29) is 12.0 Å². The van der Waals surface area contributed by atoms with Crippen LogP contribution in [0.5, 0.6) is 0 Å². The Hall–Kier alpha value is -0.940. The zero-order chi connectivity index (χ0) is 14.1. The molecule has 2 rings (SSSR count). The Kier molecular flexibility index (Phi) is 3.97. The molecule has 1 saturated carbocycles. The minimum Gasteiger partial charge on any atom is -0.370 e. The van der Waals surface area contributed by atoms with Crippen molar-refractivity contribution in [2.45, 2.75) is 69.6 Å². The Bertz CT molecular complexity index is 348. The normalized spacial score (nSPS) is 29.1. The van der Waals surface area contributed by atoms with Gasteiger partial charge in [0, 0.05) is 12.5 Å². The van der Waals surface area contributed by atoms with Crippen molar-refractivity contribution >= 4 is 5.96 Å². The van der Waals surface area contributed by atoms with Crippen LogP contribution < -0.4 is 5.73 Å². The predicted octanol–water partition coefficient (Wildman–Crippen LogP) is 3.05. The molecule has 0 aromatic rings. The Balaban J connectivity index is 1.96. The summed E-state index contributed by atoms with van der Waals surface area (Å²) in [6.07, 6.45) is 0.343. The van der Waals surface area contributed by atoms with Gasteiger partial charge in [-0.25, -0.2) is 0 Å². The molecule has 19 heavy (non-hydrogen) atoms. The minimum atomic E-state index is -4.07. The average Bonchev–Trinajstić information content (AvgIpc) is 2.86. The summed E-state index contributed by atoms with van der Waals surface area (Å²) in [5, 5.41) is 0. The second kappa shape index (κ2) is 5.21. The predicted molar refractivity (Wildman–Crippen MR) is 68.9 cm³/mol. The highest BCUT2D eigenvalue weighted by atomic mass is 19.4. The maximum Gasteiger partial charge on any atom is 0.389 e. The Morgan fingerprint density at radius 1 is 1.37 bits per heavy atom. The van der Waals surface area contributed by atoms with Crippen LogP contribution in [0.2, 0.25) is 0 Å². The lowest BCUT2D eigenvalue weighted by atomic mass is 9.92. The smallest absolute Gasteiger partial charge is 0.370 e. The summed E-state index contributed by atoms with van der Waals surface area (Å²) >= 11 is 0. The summed E-state index contributed by atoms with van der Waals surface area (Å²) in [6, 6.07) is 0.363. The van der Waals surface area contributed by atoms with E-state index >= 15 is 0 Å². The zero-order valence-electron chi connectivity index (χ0n) is 11.3. The highest BCUT2D eigenvalue weighted by molar-refractivity contribution is 5.81. The van der Waals surface area contributed by atoms with E-state index in [0.717, 1.165) is 12.8 Å². The summed E-state index contributed by atoms with van der Waals surface area (Å²) in [6.45, 7) is 2.51. The van der Waals surface area contributed by atoms with Gasteiger partial charge >= 0.3 is 6.18 Å². The first-order valence-electron chi connectivity index (χ1n) is 6.98. The molecule has 3 nitrogen and oxygen atoms in total. The van der Waals surface area contributed by atoms with E-state index in [9.17, 15) is 13.2 Å². The third kappa shape index (κ3) is 3.34. The van der Waals surface area contributed by atoms with Crippen molar-refractivity contribution in [3.8, 4) is 0 Å². The van der Waals surface area contributed by atoms with Crippen molar-refractivity contribution in [3.05, 3.63) is 0 Å². The van der Waals surface area contributed by atoms with Crippen molar-refractivity contribution in [1.82, 2.24) is 4.90 Å². The van der Waals surface area contributed by atoms with Crippen molar-refractivity contribution < 1.29 is 13.2 Å². The van der Waals surface area contributed by atoms with E-state index in [0.29, 0.717) is 25.0 Å². The summed E-state index contributed by atoms with van der Waals surface area (Å²) in [4.78, 5) is 6.36. The van der Waals surface area contributed by atoms with Crippen molar-refractivity contribution in [3.63, 3.8) is 0 Å². The number of aliphatic imine (C=N–C) groups is 1. The molecule has 0 aromatic heterocycles. The fraction of sp³-hybridized carbons (Fsp3) is 0.923. The van der Waals surface area contributed by atoms with Gasteiger partial charge in [0.05, 0.1) is 12.1 Å². The van der Waals surface area contributed by atoms with Gasteiger partial charge in [-0.05, 0) is 32.6 Å². The third-order valence-corrected chi connectivity index (χ3v) is 4.28. The molecule has 1 aliphatic carbocycles. The number of halogens is 3. The number of nitrogens with two attached hydrogens (primary N) is 1. The van der Waals surface area contributed by atoms with E-state index in [4.69, 9.17) is 5.73 Å². The Labute approximate surface area is 112 Å². The number of rotatable bonds is 4. The maximum atomic E-state index is 12.3. The van der Waals surface area contributed by atoms with Gasteiger partial charge in [-0.1, -0.05) is 12.8 Å². The van der Waals surface area contributed by atoms with Crippen molar-refractivity contribution in [2.24, 2.45) is 10.7 Å². The first-order chi connectivity index (χ1) is 8.82. The lowest BCUT2D eigenvalue weighted by Gasteiger charge is -2.40. The molecular weight excluding hydrogens is 255 g/mol. The van der Waals surface area contributed by atoms with Crippen molar-refractivity contribution in [2.75, 3.05) is 6.54 Å². The lowest BCUT2D eigenvalue weighted by Crippen LogP contribution is -2.54. The summed E-state index contributed by atoms with van der Waals surface area (Å²) < 4.78 is 36.8. The fourth-order valence-electron chi connectivity index (χ4n) is 3.34. The van der Waals surface area contributed by atoms with Gasteiger partial charge in [0.1, 0.15) is 0 Å². The topological polar surface area (TPSA) is 41.6 Å². The molecule has 1 aliphatic heterocycles. The van der Waals surface area contributed by atoms with Crippen LogP contribution in [0.25, 0.3) is 0 Å². The molecule has 1 atom stereocenters. The molecule has 1 unspecified atom stereocenters. The van der Waals surface area contributed by atoms with E-state index in [1.807, 2.05) is 6.92 Å². The van der Waals surface area contributed by atoms with Crippen LogP contribution in [-0.4, -0.2) is 35.2 Å². The fourth-order valence-corrected chi connectivity index (χ4v) is 3.34. The molecule has 6 heteroatoms. The first kappa shape index (κ1) is 14.5. The summed E-state index contributed by atoms with van der Waals surface area (Å²) in [7, 11) is 0. The van der Waals surface area contributed by atoms with Crippen LogP contribution in [0, 0.1) is 0 Å². The number of hydrogen-bond acceptors (Lipinski definition) is 3. The highest BCUT2D eigenvalue weighted by Crippen LogP contribution is 2.36. The van der Waals surface area contributed by atoms with Gasteiger partial charge < -0.3 is 10.6 Å². The van der Waals surface area contributed by atoms with Gasteiger partial charge in [0.25, 0.3) is 0 Å². The summed E-state index contributed by atoms with van der Waals surface area (Å²) in [5.74, 6) is 0.515. The number of alkyl halides is 3. The first-order valence-corrected chi connectivity index (χ1v) is 6.98. The van der Waals surface area contributed by atoms with Crippen molar-refractivity contribution in [1.29, 1.82) is 0 Å². The maximum absolute atomic E-state index is 12.3. The van der Waals surface area contributed by atoms with Crippen LogP contribution in [0.1, 0.15) is 51.9 Å². The summed E-state index contributed by atoms with van der Waals surface area (Å²) in [5.41, 5.74) is 5.62. The molecular formula is C13H22F3N3. The quantitative estimate of drug-likeness (QED) is 0.858. The third-order valence-electron chi connectivity index (χ3n) is 4.28. The van der Waals surface area contributed by atoms with Crippen LogP contribution >= 0.6 is 0 Å². The molecule has 0 radical (unpaired) electrons. The van der Waals surface area contributed by atoms with Gasteiger partial charge in [0.15, 0.2) is 5.96 Å². The largest absolute Gasteiger partial charge is 0.389 e. The van der Waals surface area contributed by atoms with Gasteiger partial charge in [-0.2, -0.15) is 13.2 Å². The molecule has 1 heterocycles. The van der Waals surface area contributed by atoms with Gasteiger partial charge in [-0.3, -0.25) is 4.99 Å². The van der Waals surface area contributed by atoms with Crippen LogP contribution in [0.15, 0.2) is 4.99 Å². The molecule has 0 aromatic carbocycles. The number of nitrogens with zero attached hydrogens (tertiary/aromatic N) is 2. The minimum absolute atomic E-state index is 0.145. The van der Waals surface area contributed by atoms with Crippen LogP contribution in [-0.2, 0) is 0 Å². The molecule has 0 amide bonds. The number of hydrogen-bond donors (Lipinski definition) is 1. The SMILES string of the molecule is CC1(CCCC(F)(F)F)CN=C(N)N1C1CCCC1.